The van der Waals surface area contributed by atoms with Crippen LogP contribution in [0.4, 0.5) is 0 Å². The summed E-state index contributed by atoms with van der Waals surface area (Å²) in [5.74, 6) is 0.650. The molecule has 0 bridgehead atoms. The maximum Gasteiger partial charge on any atom is 0.267 e. The van der Waals surface area contributed by atoms with E-state index in [0.29, 0.717) is 23.6 Å². The van der Waals surface area contributed by atoms with Crippen LogP contribution in [0.1, 0.15) is 47.4 Å². The highest BCUT2D eigenvalue weighted by Crippen LogP contribution is 2.36. The van der Waals surface area contributed by atoms with Crippen LogP contribution >= 0.6 is 0 Å². The minimum absolute atomic E-state index is 0.0711. The van der Waals surface area contributed by atoms with Gasteiger partial charge in [-0.15, -0.1) is 0 Å². The van der Waals surface area contributed by atoms with E-state index < -0.39 is 11.2 Å². The number of nitriles is 1. The van der Waals surface area contributed by atoms with Crippen molar-refractivity contribution in [2.75, 3.05) is 0 Å². The third-order valence-electron chi connectivity index (χ3n) is 5.54. The highest BCUT2D eigenvalue weighted by Gasteiger charge is 2.21. The first kappa shape index (κ1) is 18.1. The molecule has 1 aromatic carbocycles. The molecule has 1 unspecified atom stereocenters. The maximum absolute atomic E-state index is 12.1. The van der Waals surface area contributed by atoms with E-state index in [9.17, 15) is 9.90 Å². The van der Waals surface area contributed by atoms with Gasteiger partial charge in [-0.3, -0.25) is 4.79 Å². The molecule has 5 nitrogen and oxygen atoms in total. The summed E-state index contributed by atoms with van der Waals surface area (Å²) in [5.41, 5.74) is 4.89. The molecular weight excluding hydrogens is 352 g/mol. The normalized spacial score (nSPS) is 16.1. The molecule has 4 rings (SSSR count). The van der Waals surface area contributed by atoms with Crippen LogP contribution in [0, 0.1) is 24.2 Å². The second-order valence-electron chi connectivity index (χ2n) is 7.68. The third-order valence-corrected chi connectivity index (χ3v) is 5.54. The zero-order valence-corrected chi connectivity index (χ0v) is 15.8. The Morgan fingerprint density at radius 3 is 2.96 bits per heavy atom. The molecule has 0 spiro atoms. The zero-order valence-electron chi connectivity index (χ0n) is 15.8. The molecular formula is C23H22N2O3. The summed E-state index contributed by atoms with van der Waals surface area (Å²) < 4.78 is 5.63. The molecule has 1 aliphatic rings. The summed E-state index contributed by atoms with van der Waals surface area (Å²) >= 11 is 0. The lowest BCUT2D eigenvalue weighted by atomic mass is 9.78. The molecule has 2 aromatic heterocycles. The smallest absolute Gasteiger partial charge is 0.267 e. The number of nitrogens with one attached hydrogen (secondary N) is 1. The number of benzene rings is 1. The molecule has 0 saturated heterocycles. The molecule has 5 heteroatoms. The van der Waals surface area contributed by atoms with Crippen LogP contribution in [0.15, 0.2) is 40.1 Å². The number of aromatic hydroxyl groups is 1. The van der Waals surface area contributed by atoms with E-state index in [2.05, 4.69) is 36.7 Å². The predicted molar refractivity (Wildman–Crippen MR) is 108 cm³/mol. The van der Waals surface area contributed by atoms with Gasteiger partial charge in [0.25, 0.3) is 5.43 Å². The molecule has 0 fully saturated rings. The summed E-state index contributed by atoms with van der Waals surface area (Å²) in [4.78, 5) is 14.8. The largest absolute Gasteiger partial charge is 0.502 e. The van der Waals surface area contributed by atoms with Crippen LogP contribution in [-0.2, 0) is 12.8 Å². The van der Waals surface area contributed by atoms with Gasteiger partial charge in [-0.05, 0) is 55.2 Å². The first-order valence-electron chi connectivity index (χ1n) is 9.51. The monoisotopic (exact) mass is 374 g/mol. The molecule has 2 heterocycles. The van der Waals surface area contributed by atoms with E-state index in [1.165, 1.54) is 22.3 Å². The van der Waals surface area contributed by atoms with Gasteiger partial charge in [0.15, 0.2) is 5.69 Å². The van der Waals surface area contributed by atoms with Gasteiger partial charge in [0.2, 0.25) is 11.3 Å². The lowest BCUT2D eigenvalue weighted by molar-refractivity contribution is 0.446. The maximum atomic E-state index is 12.1. The van der Waals surface area contributed by atoms with Gasteiger partial charge < -0.3 is 14.5 Å². The van der Waals surface area contributed by atoms with Gasteiger partial charge in [0.1, 0.15) is 11.8 Å². The van der Waals surface area contributed by atoms with Gasteiger partial charge in [0.05, 0.1) is 5.52 Å². The van der Waals surface area contributed by atoms with Gasteiger partial charge in [-0.2, -0.15) is 5.26 Å². The number of pyridine rings is 1. The number of H-pyrrole nitrogens is 1. The van der Waals surface area contributed by atoms with Crippen LogP contribution in [0.2, 0.25) is 0 Å². The highest BCUT2D eigenvalue weighted by atomic mass is 16.3. The molecule has 0 radical (unpaired) electrons. The van der Waals surface area contributed by atoms with Crippen molar-refractivity contribution in [2.24, 2.45) is 5.92 Å². The van der Waals surface area contributed by atoms with E-state index in [1.807, 2.05) is 0 Å². The van der Waals surface area contributed by atoms with E-state index in [0.717, 1.165) is 25.7 Å². The van der Waals surface area contributed by atoms with Crippen LogP contribution in [0.25, 0.3) is 16.7 Å². The Kier molecular flexibility index (Phi) is 4.56. The standard InChI is InChI=1S/C23H22N2O3/c1-13-6-7-16-10-15(9-14(2)18(16)8-13)4-3-5-17-11-19-23(28-17)22(27)21(26)20(12-24)25-19/h6-8,11,15,26H,2-5,9-10H2,1H3,(H,25,27). The minimum Gasteiger partial charge on any atom is -0.502 e. The molecule has 1 atom stereocenters. The summed E-state index contributed by atoms with van der Waals surface area (Å²) in [5, 5.41) is 18.7. The molecule has 1 aliphatic carbocycles. The highest BCUT2D eigenvalue weighted by molar-refractivity contribution is 5.76. The zero-order chi connectivity index (χ0) is 19.8. The Bertz CT molecular complexity index is 1180. The predicted octanol–water partition coefficient (Wildman–Crippen LogP) is 4.61. The van der Waals surface area contributed by atoms with Crippen molar-refractivity contribution in [2.45, 2.75) is 39.0 Å². The molecule has 3 aromatic rings. The number of hydrogen-bond acceptors (Lipinski definition) is 4. The average Bonchev–Trinajstić information content (AvgIpc) is 3.08. The van der Waals surface area contributed by atoms with E-state index in [4.69, 9.17) is 9.68 Å². The molecule has 0 amide bonds. The average molecular weight is 374 g/mol. The van der Waals surface area contributed by atoms with Crippen LogP contribution < -0.4 is 5.43 Å². The summed E-state index contributed by atoms with van der Waals surface area (Å²) in [7, 11) is 0. The van der Waals surface area contributed by atoms with E-state index >= 15 is 0 Å². The fourth-order valence-electron chi connectivity index (χ4n) is 4.13. The number of nitrogens with zero attached hydrogens (tertiary/aromatic N) is 1. The summed E-state index contributed by atoms with van der Waals surface area (Å²) in [6, 6.07) is 10.1. The molecule has 2 N–H and O–H groups in total. The fraction of sp³-hybridized carbons (Fsp3) is 0.304. The number of hydrogen-bond donors (Lipinski definition) is 2. The Morgan fingerprint density at radius 2 is 2.18 bits per heavy atom. The van der Waals surface area contributed by atoms with E-state index in [1.54, 1.807) is 12.1 Å². The number of aromatic nitrogens is 1. The van der Waals surface area contributed by atoms with Crippen molar-refractivity contribution in [3.8, 4) is 11.8 Å². The van der Waals surface area contributed by atoms with Crippen LogP contribution in [-0.4, -0.2) is 10.1 Å². The topological polar surface area (TPSA) is 90.0 Å². The van der Waals surface area contributed by atoms with Gasteiger partial charge in [-0.1, -0.05) is 30.3 Å². The lowest BCUT2D eigenvalue weighted by Gasteiger charge is -2.26. The van der Waals surface area contributed by atoms with Crippen molar-refractivity contribution in [1.82, 2.24) is 4.98 Å². The number of aryl methyl sites for hydroxylation is 2. The molecule has 0 saturated carbocycles. The summed E-state index contributed by atoms with van der Waals surface area (Å²) in [6.45, 7) is 6.38. The van der Waals surface area contributed by atoms with Gasteiger partial charge >= 0.3 is 0 Å². The number of fused-ring (bicyclic) bond motifs is 2. The second kappa shape index (κ2) is 7.05. The van der Waals surface area contributed by atoms with Crippen LogP contribution in [0.3, 0.4) is 0 Å². The van der Waals surface area contributed by atoms with Crippen molar-refractivity contribution in [3.63, 3.8) is 0 Å². The molecule has 0 aliphatic heterocycles. The number of furan rings is 1. The quantitative estimate of drug-likeness (QED) is 0.698. The minimum atomic E-state index is -0.646. The third kappa shape index (κ3) is 3.22. The first-order chi connectivity index (χ1) is 13.5. The van der Waals surface area contributed by atoms with Crippen LogP contribution in [0.5, 0.6) is 5.75 Å². The first-order valence-corrected chi connectivity index (χ1v) is 9.51. The van der Waals surface area contributed by atoms with Crippen molar-refractivity contribution >= 4 is 16.7 Å². The second-order valence-corrected chi connectivity index (χ2v) is 7.68. The molecule has 142 valence electrons. The van der Waals surface area contributed by atoms with E-state index in [-0.39, 0.29) is 11.3 Å². The van der Waals surface area contributed by atoms with Gasteiger partial charge in [-0.25, -0.2) is 0 Å². The fourth-order valence-corrected chi connectivity index (χ4v) is 4.13. The Morgan fingerprint density at radius 1 is 1.36 bits per heavy atom. The summed E-state index contributed by atoms with van der Waals surface area (Å²) in [6.07, 6.45) is 4.76. The number of rotatable bonds is 4. The van der Waals surface area contributed by atoms with Crippen molar-refractivity contribution in [3.05, 3.63) is 69.2 Å². The van der Waals surface area contributed by atoms with Crippen molar-refractivity contribution in [1.29, 1.82) is 5.26 Å². The SMILES string of the molecule is C=C1CC(CCCc2cc3[nH]c(C#N)c(O)c(=O)c3o2)Cc2ccc(C)cc21. The van der Waals surface area contributed by atoms with Gasteiger partial charge in [0, 0.05) is 12.5 Å². The van der Waals surface area contributed by atoms with Crippen molar-refractivity contribution < 1.29 is 9.52 Å². The molecule has 28 heavy (non-hydrogen) atoms. The number of allylic oxidation sites excluding steroid dienone is 1. The Labute approximate surface area is 162 Å². The Hall–Kier alpha value is -3.26. The lowest BCUT2D eigenvalue weighted by Crippen LogP contribution is -2.13. The Balaban J connectivity index is 1.44. The number of aromatic amines is 1.